The average molecular weight is 596 g/mol. The molecular formula is C34H37N5O5. The molecule has 3 aromatic rings. The first kappa shape index (κ1) is 27.6. The molecular weight excluding hydrogens is 558 g/mol. The quantitative estimate of drug-likeness (QED) is 0.426. The van der Waals surface area contributed by atoms with Crippen molar-refractivity contribution in [2.45, 2.75) is 69.3 Å². The maximum absolute atomic E-state index is 14.2. The van der Waals surface area contributed by atoms with Gasteiger partial charge in [-0.25, -0.2) is 0 Å². The summed E-state index contributed by atoms with van der Waals surface area (Å²) in [5, 5.41) is 16.2. The fraction of sp³-hybridized carbons (Fsp3) is 0.441. The van der Waals surface area contributed by atoms with E-state index in [1.165, 1.54) is 28.5 Å². The van der Waals surface area contributed by atoms with E-state index in [0.29, 0.717) is 25.9 Å². The van der Waals surface area contributed by atoms with Crippen LogP contribution in [0.25, 0.3) is 16.5 Å². The summed E-state index contributed by atoms with van der Waals surface area (Å²) < 4.78 is 6.24. The van der Waals surface area contributed by atoms with Gasteiger partial charge in [-0.3, -0.25) is 28.9 Å². The molecule has 0 spiro atoms. The smallest absolute Gasteiger partial charge is 0.280 e. The van der Waals surface area contributed by atoms with Gasteiger partial charge < -0.3 is 20.3 Å². The second kappa shape index (κ2) is 9.50. The summed E-state index contributed by atoms with van der Waals surface area (Å²) in [5.74, 6) is -3.77. The number of carbonyl (C=O) groups excluding carboxylic acids is 3. The minimum atomic E-state index is -2.04. The highest BCUT2D eigenvalue weighted by molar-refractivity contribution is 6.01. The van der Waals surface area contributed by atoms with Crippen LogP contribution in [-0.4, -0.2) is 92.4 Å². The molecule has 0 radical (unpaired) electrons. The average Bonchev–Trinajstić information content (AvgIpc) is 3.67. The summed E-state index contributed by atoms with van der Waals surface area (Å²) in [6.07, 6.45) is 4.32. The van der Waals surface area contributed by atoms with Crippen molar-refractivity contribution in [2.24, 2.45) is 5.92 Å². The van der Waals surface area contributed by atoms with Crippen LogP contribution in [-0.2, 0) is 32.0 Å². The van der Waals surface area contributed by atoms with Crippen molar-refractivity contribution in [3.63, 3.8) is 0 Å². The zero-order valence-corrected chi connectivity index (χ0v) is 25.2. The van der Waals surface area contributed by atoms with Crippen molar-refractivity contribution in [1.29, 1.82) is 0 Å². The molecule has 0 saturated carbocycles. The Balaban J connectivity index is 1.11. The van der Waals surface area contributed by atoms with Crippen LogP contribution in [0.4, 0.5) is 0 Å². The molecule has 8 rings (SSSR count). The molecule has 228 valence electrons. The molecule has 1 aliphatic carbocycles. The van der Waals surface area contributed by atoms with Gasteiger partial charge >= 0.3 is 0 Å². The lowest BCUT2D eigenvalue weighted by molar-refractivity contribution is -0.315. The molecule has 1 aromatic heterocycles. The lowest BCUT2D eigenvalue weighted by Crippen LogP contribution is -2.71. The molecule has 5 heterocycles. The number of nitrogens with one attached hydrogen (secondary N) is 2. The number of aromatic amines is 1. The van der Waals surface area contributed by atoms with Crippen molar-refractivity contribution in [2.75, 3.05) is 20.1 Å². The number of carbonyl (C=O) groups is 3. The monoisotopic (exact) mass is 595 g/mol. The van der Waals surface area contributed by atoms with Crippen molar-refractivity contribution in [3.05, 3.63) is 77.0 Å². The first-order valence-corrected chi connectivity index (χ1v) is 15.5. The second-order valence-corrected chi connectivity index (χ2v) is 13.2. The van der Waals surface area contributed by atoms with Gasteiger partial charge in [0.1, 0.15) is 12.1 Å². The molecule has 4 aliphatic heterocycles. The number of rotatable bonds is 4. The Hall–Kier alpha value is -3.99. The van der Waals surface area contributed by atoms with Gasteiger partial charge in [0.2, 0.25) is 17.5 Å². The molecule has 3 N–H and O–H groups in total. The molecule has 2 aromatic carbocycles. The summed E-state index contributed by atoms with van der Waals surface area (Å²) in [5.41, 5.74) is 4.82. The first-order valence-electron chi connectivity index (χ1n) is 15.5. The van der Waals surface area contributed by atoms with Crippen LogP contribution < -0.4 is 5.32 Å². The number of piperazine rings is 1. The van der Waals surface area contributed by atoms with E-state index in [0.717, 1.165) is 28.6 Å². The van der Waals surface area contributed by atoms with Crippen molar-refractivity contribution < 1.29 is 24.2 Å². The van der Waals surface area contributed by atoms with Gasteiger partial charge in [0.15, 0.2) is 0 Å². The molecule has 6 atom stereocenters. The van der Waals surface area contributed by atoms with Gasteiger partial charge in [0.25, 0.3) is 11.8 Å². The predicted molar refractivity (Wildman–Crippen MR) is 163 cm³/mol. The lowest BCUT2D eigenvalue weighted by atomic mass is 9.79. The summed E-state index contributed by atoms with van der Waals surface area (Å²) >= 11 is 0. The Morgan fingerprint density at radius 1 is 1.16 bits per heavy atom. The fourth-order valence-corrected chi connectivity index (χ4v) is 8.39. The molecule has 10 heteroatoms. The van der Waals surface area contributed by atoms with E-state index in [-0.39, 0.29) is 24.3 Å². The van der Waals surface area contributed by atoms with Gasteiger partial charge in [-0.05, 0) is 68.5 Å². The number of nitrogens with zero attached hydrogens (tertiary/aromatic N) is 3. The van der Waals surface area contributed by atoms with Crippen LogP contribution in [0.1, 0.15) is 42.1 Å². The number of hydrogen-bond acceptors (Lipinski definition) is 6. The van der Waals surface area contributed by atoms with Gasteiger partial charge in [0.05, 0.1) is 5.92 Å². The minimum Gasteiger partial charge on any atom is -0.358 e. The zero-order valence-electron chi connectivity index (χ0n) is 25.2. The van der Waals surface area contributed by atoms with Crippen LogP contribution in [0, 0.1) is 12.8 Å². The number of ether oxygens (including phenoxy) is 1. The molecule has 10 nitrogen and oxygen atoms in total. The summed E-state index contributed by atoms with van der Waals surface area (Å²) in [6.45, 7) is 4.56. The molecule has 44 heavy (non-hydrogen) atoms. The van der Waals surface area contributed by atoms with E-state index in [9.17, 15) is 19.5 Å². The number of benzene rings is 2. The number of hydrogen-bond donors (Lipinski definition) is 3. The van der Waals surface area contributed by atoms with E-state index in [2.05, 4.69) is 34.3 Å². The number of aromatic nitrogens is 1. The van der Waals surface area contributed by atoms with Crippen molar-refractivity contribution in [3.8, 4) is 0 Å². The molecule has 0 bridgehead atoms. The summed E-state index contributed by atoms with van der Waals surface area (Å²) in [7, 11) is 2.03. The van der Waals surface area contributed by atoms with E-state index >= 15 is 0 Å². The highest BCUT2D eigenvalue weighted by Gasteiger charge is 2.70. The third-order valence-corrected chi connectivity index (χ3v) is 10.5. The maximum Gasteiger partial charge on any atom is 0.280 e. The largest absolute Gasteiger partial charge is 0.358 e. The molecule has 3 amide bonds. The molecule has 0 unspecified atom stereocenters. The normalized spacial score (nSPS) is 32.9. The van der Waals surface area contributed by atoms with Crippen LogP contribution >= 0.6 is 0 Å². The Bertz CT molecular complexity index is 1750. The number of amides is 3. The van der Waals surface area contributed by atoms with Crippen LogP contribution in [0.15, 0.2) is 54.6 Å². The minimum absolute atomic E-state index is 0.138. The second-order valence-electron chi connectivity index (χ2n) is 13.2. The van der Waals surface area contributed by atoms with Crippen molar-refractivity contribution in [1.82, 2.24) is 25.0 Å². The Labute approximate surface area is 255 Å². The summed E-state index contributed by atoms with van der Waals surface area (Å²) in [4.78, 5) is 50.5. The maximum atomic E-state index is 14.2. The number of aryl methyl sites for hydroxylation is 1. The third-order valence-electron chi connectivity index (χ3n) is 10.5. The van der Waals surface area contributed by atoms with Crippen LogP contribution in [0.5, 0.6) is 0 Å². The summed E-state index contributed by atoms with van der Waals surface area (Å²) in [6, 6.07) is 14.2. The number of likely N-dealkylation sites (N-methyl/N-ethyl adjacent to an activating group) is 1. The Kier molecular flexibility index (Phi) is 5.95. The highest BCUT2D eigenvalue weighted by Crippen LogP contribution is 2.46. The van der Waals surface area contributed by atoms with Crippen LogP contribution in [0.2, 0.25) is 0 Å². The molecule has 3 saturated heterocycles. The fourth-order valence-electron chi connectivity index (χ4n) is 8.39. The van der Waals surface area contributed by atoms with Gasteiger partial charge in [-0.15, -0.1) is 0 Å². The van der Waals surface area contributed by atoms with Crippen LogP contribution in [0.3, 0.4) is 0 Å². The molecule has 5 aliphatic rings. The van der Waals surface area contributed by atoms with Gasteiger partial charge in [-0.1, -0.05) is 48.5 Å². The van der Waals surface area contributed by atoms with E-state index < -0.39 is 35.5 Å². The Morgan fingerprint density at radius 3 is 2.75 bits per heavy atom. The number of fused-ring (bicyclic) bond motifs is 5. The van der Waals surface area contributed by atoms with E-state index in [4.69, 9.17) is 4.74 Å². The van der Waals surface area contributed by atoms with E-state index in [1.54, 1.807) is 4.90 Å². The molecule has 3 fully saturated rings. The predicted octanol–water partition coefficient (Wildman–Crippen LogP) is 2.30. The third kappa shape index (κ3) is 3.80. The first-order chi connectivity index (χ1) is 21.1. The van der Waals surface area contributed by atoms with Gasteiger partial charge in [-0.2, -0.15) is 0 Å². The Morgan fingerprint density at radius 2 is 1.95 bits per heavy atom. The van der Waals surface area contributed by atoms with E-state index in [1.807, 2.05) is 49.5 Å². The van der Waals surface area contributed by atoms with Crippen molar-refractivity contribution >= 4 is 34.2 Å². The van der Waals surface area contributed by atoms with Gasteiger partial charge in [0, 0.05) is 42.1 Å². The number of H-pyrrole nitrogens is 1. The topological polar surface area (TPSA) is 118 Å². The number of aliphatic hydroxyl groups is 1. The zero-order chi connectivity index (χ0) is 30.5. The highest BCUT2D eigenvalue weighted by atomic mass is 16.7. The standard InChI is InChI=1S/C34H37N5O5/c1-19-23-17-26-24(22-11-7-12-25(35-19)29(22)23)16-21(18-37(26)3)30(40)36-33(2)32(42)39-27(15-20-9-5-4-6-10-20)31(41)38-14-8-13-28(38)34(39,43)44-33/h4-7,9-12,16,21,26-28,35,43H,8,13-15,17-18H2,1-3H3,(H,36,40)/t21-,26-,27+,28+,33+,34-/m1/s1. The SMILES string of the molecule is Cc1[nH]c2cccc3c2c1C[C@@H]1C3=C[C@@H](C(=O)N[C@@]2(C)O[C@]3(O)[C@@H]4CCCN4C(=O)[C@H](Cc4ccccc4)N3C2=O)CN1C. The lowest BCUT2D eigenvalue weighted by Gasteiger charge is -2.48.